The summed E-state index contributed by atoms with van der Waals surface area (Å²) in [6.07, 6.45) is 0.557. The van der Waals surface area contributed by atoms with Crippen LogP contribution in [-0.4, -0.2) is 12.2 Å². The van der Waals surface area contributed by atoms with Crippen LogP contribution in [0.2, 0.25) is 0 Å². The van der Waals surface area contributed by atoms with E-state index in [0.29, 0.717) is 12.2 Å². The maximum absolute atomic E-state index is 10.2. The van der Waals surface area contributed by atoms with Crippen LogP contribution in [0.4, 0.5) is 0 Å². The van der Waals surface area contributed by atoms with Crippen LogP contribution in [0.15, 0.2) is 16.6 Å². The van der Waals surface area contributed by atoms with Gasteiger partial charge in [0.15, 0.2) is 5.60 Å². The van der Waals surface area contributed by atoms with Crippen LogP contribution < -0.4 is 4.74 Å². The number of fused-ring (bicyclic) bond motifs is 1. The highest BCUT2D eigenvalue weighted by atomic mass is 79.9. The molecule has 1 unspecified atom stereocenters. The van der Waals surface area contributed by atoms with Crippen LogP contribution in [0, 0.1) is 11.8 Å². The van der Waals surface area contributed by atoms with E-state index in [4.69, 9.17) is 4.74 Å². The topological polar surface area (TPSA) is 29.5 Å². The van der Waals surface area contributed by atoms with Crippen LogP contribution in [-0.2, 0) is 12.0 Å². The van der Waals surface area contributed by atoms with Gasteiger partial charge in [-0.3, -0.25) is 0 Å². The monoisotopic (exact) mass is 266 g/mol. The molecule has 0 saturated heterocycles. The van der Waals surface area contributed by atoms with Gasteiger partial charge < -0.3 is 9.84 Å². The Morgan fingerprint density at radius 2 is 2.27 bits per heavy atom. The second kappa shape index (κ2) is 3.55. The number of halogens is 1. The Morgan fingerprint density at radius 1 is 1.53 bits per heavy atom. The van der Waals surface area contributed by atoms with Crippen molar-refractivity contribution in [3.8, 4) is 17.6 Å². The van der Waals surface area contributed by atoms with Gasteiger partial charge in [-0.25, -0.2) is 0 Å². The molecule has 0 bridgehead atoms. The van der Waals surface area contributed by atoms with Gasteiger partial charge in [-0.15, -0.1) is 5.92 Å². The second-order valence-electron chi connectivity index (χ2n) is 3.52. The van der Waals surface area contributed by atoms with E-state index in [1.54, 1.807) is 14.0 Å². The average Bonchev–Trinajstić information content (AvgIpc) is 2.20. The van der Waals surface area contributed by atoms with Crippen molar-refractivity contribution in [2.75, 3.05) is 7.11 Å². The smallest absolute Gasteiger partial charge is 0.158 e. The molecule has 1 N–H and O–H groups in total. The molecule has 0 heterocycles. The summed E-state index contributed by atoms with van der Waals surface area (Å²) in [6, 6.07) is 3.76. The van der Waals surface area contributed by atoms with Crippen LogP contribution in [0.25, 0.3) is 0 Å². The molecule has 15 heavy (non-hydrogen) atoms. The van der Waals surface area contributed by atoms with E-state index < -0.39 is 5.60 Å². The summed E-state index contributed by atoms with van der Waals surface area (Å²) in [4.78, 5) is 0. The zero-order valence-corrected chi connectivity index (χ0v) is 10.2. The van der Waals surface area contributed by atoms with Crippen molar-refractivity contribution in [3.63, 3.8) is 0 Å². The first-order chi connectivity index (χ1) is 7.12. The number of hydrogen-bond donors (Lipinski definition) is 1. The Hall–Kier alpha value is -0.980. The van der Waals surface area contributed by atoms with Crippen molar-refractivity contribution in [3.05, 3.63) is 27.7 Å². The fraction of sp³-hybridized carbons (Fsp3) is 0.333. The first-order valence-electron chi connectivity index (χ1n) is 4.64. The number of ether oxygens (including phenoxy) is 1. The Labute approximate surface area is 97.4 Å². The molecule has 0 spiro atoms. The van der Waals surface area contributed by atoms with E-state index >= 15 is 0 Å². The number of methoxy groups -OCH3 is 1. The lowest BCUT2D eigenvalue weighted by Crippen LogP contribution is -2.38. The third kappa shape index (κ3) is 1.45. The lowest BCUT2D eigenvalue weighted by molar-refractivity contribution is 0.0714. The summed E-state index contributed by atoms with van der Waals surface area (Å²) in [7, 11) is 1.60. The van der Waals surface area contributed by atoms with Gasteiger partial charge in [-0.1, -0.05) is 21.9 Å². The largest absolute Gasteiger partial charge is 0.496 e. The van der Waals surface area contributed by atoms with E-state index in [0.717, 1.165) is 15.6 Å². The van der Waals surface area contributed by atoms with E-state index in [2.05, 4.69) is 27.8 Å². The van der Waals surface area contributed by atoms with Crippen LogP contribution in [0.5, 0.6) is 5.75 Å². The minimum atomic E-state index is -1.03. The molecular formula is C12H11BrO2. The third-order valence-corrected chi connectivity index (χ3v) is 3.36. The Balaban J connectivity index is 2.59. The van der Waals surface area contributed by atoms with E-state index in [1.807, 2.05) is 12.1 Å². The van der Waals surface area contributed by atoms with Gasteiger partial charge in [0.1, 0.15) is 5.75 Å². The van der Waals surface area contributed by atoms with Gasteiger partial charge in [-0.05, 0) is 24.6 Å². The van der Waals surface area contributed by atoms with Gasteiger partial charge in [0.2, 0.25) is 0 Å². The molecule has 0 amide bonds. The molecule has 0 aromatic heterocycles. The minimum absolute atomic E-state index is 0.557. The number of aliphatic hydroxyl groups is 1. The molecule has 1 aliphatic rings. The van der Waals surface area contributed by atoms with Crippen molar-refractivity contribution in [2.45, 2.75) is 18.9 Å². The quantitative estimate of drug-likeness (QED) is 0.790. The SMILES string of the molecule is CC#CC1(O)Cc2c(Br)ccc(OC)c21. The Bertz CT molecular complexity index is 470. The van der Waals surface area contributed by atoms with Gasteiger partial charge in [0.25, 0.3) is 0 Å². The van der Waals surface area contributed by atoms with Crippen molar-refractivity contribution in [1.29, 1.82) is 0 Å². The lowest BCUT2D eigenvalue weighted by Gasteiger charge is -2.37. The summed E-state index contributed by atoms with van der Waals surface area (Å²) < 4.78 is 6.23. The molecule has 1 atom stereocenters. The fourth-order valence-electron chi connectivity index (χ4n) is 1.95. The van der Waals surface area contributed by atoms with Gasteiger partial charge >= 0.3 is 0 Å². The lowest BCUT2D eigenvalue weighted by atomic mass is 9.73. The number of rotatable bonds is 1. The summed E-state index contributed by atoms with van der Waals surface area (Å²) >= 11 is 3.45. The number of hydrogen-bond acceptors (Lipinski definition) is 2. The Kier molecular flexibility index (Phi) is 2.49. The van der Waals surface area contributed by atoms with Crippen molar-refractivity contribution in [1.82, 2.24) is 0 Å². The van der Waals surface area contributed by atoms with Crippen molar-refractivity contribution < 1.29 is 9.84 Å². The third-order valence-electron chi connectivity index (χ3n) is 2.62. The van der Waals surface area contributed by atoms with Crippen LogP contribution >= 0.6 is 15.9 Å². The van der Waals surface area contributed by atoms with Gasteiger partial charge in [0, 0.05) is 16.5 Å². The summed E-state index contributed by atoms with van der Waals surface area (Å²) in [5.74, 6) is 6.27. The zero-order chi connectivity index (χ0) is 11.1. The van der Waals surface area contributed by atoms with Crippen molar-refractivity contribution in [2.24, 2.45) is 0 Å². The minimum Gasteiger partial charge on any atom is -0.496 e. The first kappa shape index (κ1) is 10.5. The highest BCUT2D eigenvalue weighted by Gasteiger charge is 2.43. The molecule has 0 fully saturated rings. The molecule has 1 aromatic rings. The molecule has 3 heteroatoms. The van der Waals surface area contributed by atoms with E-state index in [1.165, 1.54) is 0 Å². The van der Waals surface area contributed by atoms with Gasteiger partial charge in [0.05, 0.1) is 7.11 Å². The van der Waals surface area contributed by atoms with Gasteiger partial charge in [-0.2, -0.15) is 0 Å². The zero-order valence-electron chi connectivity index (χ0n) is 8.60. The number of benzene rings is 1. The maximum Gasteiger partial charge on any atom is 0.158 e. The fourth-order valence-corrected chi connectivity index (χ4v) is 2.42. The molecule has 2 rings (SSSR count). The first-order valence-corrected chi connectivity index (χ1v) is 5.44. The predicted molar refractivity (Wildman–Crippen MR) is 61.7 cm³/mol. The van der Waals surface area contributed by atoms with E-state index in [9.17, 15) is 5.11 Å². The summed E-state index contributed by atoms with van der Waals surface area (Å²) in [5, 5.41) is 10.2. The maximum atomic E-state index is 10.2. The predicted octanol–water partition coefficient (Wildman–Crippen LogP) is 2.22. The molecule has 2 nitrogen and oxygen atoms in total. The summed E-state index contributed by atoms with van der Waals surface area (Å²) in [5.41, 5.74) is 0.854. The highest BCUT2D eigenvalue weighted by molar-refractivity contribution is 9.10. The molecule has 1 aromatic carbocycles. The normalized spacial score (nSPS) is 22.1. The molecular weight excluding hydrogens is 256 g/mol. The van der Waals surface area contributed by atoms with Crippen molar-refractivity contribution >= 4 is 15.9 Å². The molecule has 0 saturated carbocycles. The van der Waals surface area contributed by atoms with Crippen LogP contribution in [0.1, 0.15) is 18.1 Å². The summed E-state index contributed by atoms with van der Waals surface area (Å²) in [6.45, 7) is 1.72. The average molecular weight is 267 g/mol. The van der Waals surface area contributed by atoms with Crippen LogP contribution in [0.3, 0.4) is 0 Å². The van der Waals surface area contributed by atoms with E-state index in [-0.39, 0.29) is 0 Å². The standard InChI is InChI=1S/C12H11BrO2/c1-3-6-12(14)7-8-9(13)4-5-10(15-2)11(8)12/h4-5,14H,7H2,1-2H3. The second-order valence-corrected chi connectivity index (χ2v) is 4.37. The Morgan fingerprint density at radius 3 is 2.87 bits per heavy atom. The molecule has 0 radical (unpaired) electrons. The highest BCUT2D eigenvalue weighted by Crippen LogP contribution is 2.47. The molecule has 1 aliphatic carbocycles. The molecule has 78 valence electrons. The molecule has 0 aliphatic heterocycles.